The summed E-state index contributed by atoms with van der Waals surface area (Å²) in [6, 6.07) is 2.65. The Balaban J connectivity index is 2.10. The number of hydrogen-bond donors (Lipinski definition) is 1. The van der Waals surface area contributed by atoms with Crippen LogP contribution in [0, 0.1) is 22.0 Å². The zero-order valence-electron chi connectivity index (χ0n) is 10.7. The van der Waals surface area contributed by atoms with Gasteiger partial charge in [0.1, 0.15) is 0 Å². The molecule has 104 valence electrons. The minimum atomic E-state index is -0.499. The van der Waals surface area contributed by atoms with Crippen LogP contribution in [0.25, 0.3) is 0 Å². The highest BCUT2D eigenvalue weighted by atomic mass is 35.5. The second-order valence-electron chi connectivity index (χ2n) is 5.09. The second kappa shape index (κ2) is 5.97. The normalized spacial score (nSPS) is 22.5. The number of benzene rings is 1. The summed E-state index contributed by atoms with van der Waals surface area (Å²) in [5, 5.41) is 14.5. The van der Waals surface area contributed by atoms with Crippen molar-refractivity contribution >= 4 is 34.6 Å². The summed E-state index contributed by atoms with van der Waals surface area (Å²) < 4.78 is 0. The van der Waals surface area contributed by atoms with Gasteiger partial charge in [0.25, 0.3) is 5.69 Å². The fourth-order valence-electron chi connectivity index (χ4n) is 2.59. The first-order valence-electron chi connectivity index (χ1n) is 6.36. The Kier molecular flexibility index (Phi) is 4.53. The van der Waals surface area contributed by atoms with E-state index < -0.39 is 4.92 Å². The van der Waals surface area contributed by atoms with Gasteiger partial charge in [0, 0.05) is 18.7 Å². The van der Waals surface area contributed by atoms with Crippen molar-refractivity contribution in [2.45, 2.75) is 26.2 Å². The molecule has 4 nitrogen and oxygen atoms in total. The molecule has 1 N–H and O–H groups in total. The van der Waals surface area contributed by atoms with Crippen LogP contribution in [0.2, 0.25) is 10.0 Å². The van der Waals surface area contributed by atoms with Crippen molar-refractivity contribution in [3.8, 4) is 0 Å². The lowest BCUT2D eigenvalue weighted by Gasteiger charge is -2.18. The Morgan fingerprint density at radius 2 is 2.00 bits per heavy atom. The number of hydrogen-bond acceptors (Lipinski definition) is 3. The van der Waals surface area contributed by atoms with Crippen LogP contribution in [-0.2, 0) is 0 Å². The molecule has 0 heterocycles. The van der Waals surface area contributed by atoms with Gasteiger partial charge in [-0.05, 0) is 18.3 Å². The molecule has 0 radical (unpaired) electrons. The van der Waals surface area contributed by atoms with Gasteiger partial charge in [0.05, 0.1) is 20.7 Å². The molecule has 6 heteroatoms. The first-order valence-corrected chi connectivity index (χ1v) is 7.12. The molecule has 1 aromatic rings. The minimum absolute atomic E-state index is 0.0882. The molecular formula is C13H16Cl2N2O2. The second-order valence-corrected chi connectivity index (χ2v) is 5.91. The average molecular weight is 303 g/mol. The molecule has 0 bridgehead atoms. The Morgan fingerprint density at radius 1 is 1.37 bits per heavy atom. The number of anilines is 1. The fourth-order valence-corrected chi connectivity index (χ4v) is 3.20. The van der Waals surface area contributed by atoms with Crippen LogP contribution in [0.4, 0.5) is 11.4 Å². The average Bonchev–Trinajstić information content (AvgIpc) is 2.73. The van der Waals surface area contributed by atoms with Crippen molar-refractivity contribution in [2.75, 3.05) is 11.9 Å². The van der Waals surface area contributed by atoms with Gasteiger partial charge in [0.2, 0.25) is 0 Å². The third-order valence-corrected chi connectivity index (χ3v) is 4.41. The topological polar surface area (TPSA) is 55.2 Å². The molecule has 0 spiro atoms. The number of rotatable bonds is 4. The standard InChI is InChI=1S/C13H16Cl2N2O2/c1-8-3-2-4-9(8)7-16-13-11(14)5-10(17(18)19)6-12(13)15/h5-6,8-9,16H,2-4,7H2,1H3. The van der Waals surface area contributed by atoms with Crippen LogP contribution in [0.5, 0.6) is 0 Å². The van der Waals surface area contributed by atoms with E-state index in [1.165, 1.54) is 31.4 Å². The van der Waals surface area contributed by atoms with Crippen LogP contribution in [0.15, 0.2) is 12.1 Å². The number of non-ortho nitro benzene ring substituents is 1. The lowest BCUT2D eigenvalue weighted by atomic mass is 9.98. The summed E-state index contributed by atoms with van der Waals surface area (Å²) in [6.45, 7) is 3.05. The summed E-state index contributed by atoms with van der Waals surface area (Å²) in [6.07, 6.45) is 3.72. The maximum Gasteiger partial charge on any atom is 0.272 e. The molecule has 0 saturated heterocycles. The van der Waals surface area contributed by atoms with Crippen LogP contribution in [-0.4, -0.2) is 11.5 Å². The predicted octanol–water partition coefficient (Wildman–Crippen LogP) is 4.75. The monoisotopic (exact) mass is 302 g/mol. The van der Waals surface area contributed by atoms with Gasteiger partial charge in [-0.1, -0.05) is 43.0 Å². The highest BCUT2D eigenvalue weighted by Crippen LogP contribution is 2.36. The Labute approximate surface area is 122 Å². The smallest absolute Gasteiger partial charge is 0.272 e. The van der Waals surface area contributed by atoms with Gasteiger partial charge < -0.3 is 5.32 Å². The van der Waals surface area contributed by atoms with E-state index in [1.54, 1.807) is 0 Å². The molecule has 1 saturated carbocycles. The first-order chi connectivity index (χ1) is 8.99. The molecule has 2 atom stereocenters. The Bertz CT molecular complexity index is 471. The molecular weight excluding hydrogens is 287 g/mol. The highest BCUT2D eigenvalue weighted by Gasteiger charge is 2.23. The third-order valence-electron chi connectivity index (χ3n) is 3.82. The molecule has 1 fully saturated rings. The van der Waals surface area contributed by atoms with E-state index in [-0.39, 0.29) is 5.69 Å². The SMILES string of the molecule is CC1CCCC1CNc1c(Cl)cc([N+](=O)[O-])cc1Cl. The summed E-state index contributed by atoms with van der Waals surface area (Å²) in [4.78, 5) is 10.2. The molecule has 2 rings (SSSR count). The summed E-state index contributed by atoms with van der Waals surface area (Å²) in [5.41, 5.74) is 0.503. The van der Waals surface area contributed by atoms with Gasteiger partial charge in [-0.2, -0.15) is 0 Å². The molecule has 0 aromatic heterocycles. The lowest BCUT2D eigenvalue weighted by Crippen LogP contribution is -2.16. The Morgan fingerprint density at radius 3 is 2.47 bits per heavy atom. The van der Waals surface area contributed by atoms with Crippen molar-refractivity contribution in [2.24, 2.45) is 11.8 Å². The molecule has 0 amide bonds. The van der Waals surface area contributed by atoms with Crippen LogP contribution < -0.4 is 5.32 Å². The maximum absolute atomic E-state index is 10.7. The van der Waals surface area contributed by atoms with E-state index in [0.717, 1.165) is 6.54 Å². The summed E-state index contributed by atoms with van der Waals surface area (Å²) in [5.74, 6) is 1.31. The van der Waals surface area contributed by atoms with Gasteiger partial charge in [-0.25, -0.2) is 0 Å². The number of nitro groups is 1. The first kappa shape index (κ1) is 14.4. The van der Waals surface area contributed by atoms with Crippen molar-refractivity contribution in [1.82, 2.24) is 0 Å². The van der Waals surface area contributed by atoms with Gasteiger partial charge in [-0.15, -0.1) is 0 Å². The third kappa shape index (κ3) is 3.31. The number of halogens is 2. The van der Waals surface area contributed by atoms with Crippen LogP contribution >= 0.6 is 23.2 Å². The molecule has 0 aliphatic heterocycles. The zero-order chi connectivity index (χ0) is 14.0. The molecule has 1 aliphatic rings. The molecule has 1 aliphatic carbocycles. The Hall–Kier alpha value is -1.00. The van der Waals surface area contributed by atoms with Crippen molar-refractivity contribution in [3.63, 3.8) is 0 Å². The van der Waals surface area contributed by atoms with Crippen molar-refractivity contribution < 1.29 is 4.92 Å². The van der Waals surface area contributed by atoms with E-state index in [9.17, 15) is 10.1 Å². The predicted molar refractivity (Wildman–Crippen MR) is 78.1 cm³/mol. The molecule has 19 heavy (non-hydrogen) atoms. The largest absolute Gasteiger partial charge is 0.382 e. The van der Waals surface area contributed by atoms with Gasteiger partial charge >= 0.3 is 0 Å². The van der Waals surface area contributed by atoms with E-state index >= 15 is 0 Å². The number of nitro benzene ring substituents is 1. The van der Waals surface area contributed by atoms with E-state index in [2.05, 4.69) is 12.2 Å². The molecule has 1 aromatic carbocycles. The van der Waals surface area contributed by atoms with Crippen LogP contribution in [0.3, 0.4) is 0 Å². The number of nitrogens with zero attached hydrogens (tertiary/aromatic N) is 1. The van der Waals surface area contributed by atoms with Gasteiger partial charge in [-0.3, -0.25) is 10.1 Å². The summed E-state index contributed by atoms with van der Waals surface area (Å²) >= 11 is 12.1. The van der Waals surface area contributed by atoms with E-state index in [0.29, 0.717) is 27.6 Å². The van der Waals surface area contributed by atoms with Crippen molar-refractivity contribution in [1.29, 1.82) is 0 Å². The minimum Gasteiger partial charge on any atom is -0.382 e. The van der Waals surface area contributed by atoms with E-state index in [1.807, 2.05) is 0 Å². The highest BCUT2D eigenvalue weighted by molar-refractivity contribution is 6.39. The fraction of sp³-hybridized carbons (Fsp3) is 0.538. The lowest BCUT2D eigenvalue weighted by molar-refractivity contribution is -0.384. The molecule has 2 unspecified atom stereocenters. The zero-order valence-corrected chi connectivity index (χ0v) is 12.2. The van der Waals surface area contributed by atoms with Gasteiger partial charge in [0.15, 0.2) is 0 Å². The maximum atomic E-state index is 10.7. The number of nitrogens with one attached hydrogen (secondary N) is 1. The quantitative estimate of drug-likeness (QED) is 0.645. The van der Waals surface area contributed by atoms with Crippen molar-refractivity contribution in [3.05, 3.63) is 32.3 Å². The summed E-state index contributed by atoms with van der Waals surface area (Å²) in [7, 11) is 0. The van der Waals surface area contributed by atoms with Crippen LogP contribution in [0.1, 0.15) is 26.2 Å². The van der Waals surface area contributed by atoms with E-state index in [4.69, 9.17) is 23.2 Å².